The van der Waals surface area contributed by atoms with Crippen molar-refractivity contribution in [1.82, 2.24) is 0 Å². The maximum atomic E-state index is 13.6. The zero-order chi connectivity index (χ0) is 26.8. The Balaban J connectivity index is 1.71. The van der Waals surface area contributed by atoms with E-state index in [2.05, 4.69) is 13.8 Å². The summed E-state index contributed by atoms with van der Waals surface area (Å²) < 4.78 is 11.1. The van der Waals surface area contributed by atoms with Gasteiger partial charge in [-0.2, -0.15) is 0 Å². The van der Waals surface area contributed by atoms with Crippen LogP contribution in [0.2, 0.25) is 0 Å². The number of hydrogen-bond acceptors (Lipinski definition) is 5. The molecule has 192 valence electrons. The second-order valence-electron chi connectivity index (χ2n) is 9.67. The van der Waals surface area contributed by atoms with Gasteiger partial charge in [0.25, 0.3) is 11.7 Å². The lowest BCUT2D eigenvalue weighted by atomic mass is 9.91. The number of benzene rings is 4. The van der Waals surface area contributed by atoms with Gasteiger partial charge in [0.1, 0.15) is 17.3 Å². The molecule has 1 amide bonds. The van der Waals surface area contributed by atoms with Crippen molar-refractivity contribution in [2.75, 3.05) is 18.6 Å². The van der Waals surface area contributed by atoms with Crippen LogP contribution in [0.25, 0.3) is 16.5 Å². The quantitative estimate of drug-likeness (QED) is 0.175. The average molecular weight is 508 g/mol. The predicted octanol–water partition coefficient (Wildman–Crippen LogP) is 6.51. The van der Waals surface area contributed by atoms with Crippen LogP contribution < -0.4 is 14.4 Å². The van der Waals surface area contributed by atoms with Crippen molar-refractivity contribution < 1.29 is 24.2 Å². The van der Waals surface area contributed by atoms with E-state index in [1.165, 1.54) is 4.90 Å². The molecule has 0 saturated carbocycles. The molecule has 0 aromatic heterocycles. The maximum Gasteiger partial charge on any atom is 0.300 e. The molecule has 1 saturated heterocycles. The molecule has 1 unspecified atom stereocenters. The molecule has 4 aromatic rings. The van der Waals surface area contributed by atoms with Crippen LogP contribution in [0.15, 0.2) is 96.6 Å². The number of Topliss-reactive ketones (excluding diaryl/α,β-unsaturated/α-hetero) is 1. The summed E-state index contributed by atoms with van der Waals surface area (Å²) in [4.78, 5) is 28.6. The molecule has 1 atom stereocenters. The van der Waals surface area contributed by atoms with Crippen LogP contribution in [0.4, 0.5) is 5.69 Å². The fraction of sp³-hybridized carbons (Fsp3) is 0.188. The Morgan fingerprint density at radius 2 is 1.61 bits per heavy atom. The first-order valence-electron chi connectivity index (χ1n) is 12.5. The van der Waals surface area contributed by atoms with Crippen LogP contribution >= 0.6 is 0 Å². The first-order valence-corrected chi connectivity index (χ1v) is 12.5. The number of hydrogen-bond donors (Lipinski definition) is 1. The topological polar surface area (TPSA) is 76.1 Å². The summed E-state index contributed by atoms with van der Waals surface area (Å²) in [6, 6.07) is 26.6. The number of aliphatic hydroxyl groups is 1. The van der Waals surface area contributed by atoms with E-state index in [1.54, 1.807) is 55.6 Å². The SMILES string of the molecule is COc1ccc(N2C(=O)C(=O)/C(=C(\O)c3cccc(OCC(C)C)c3)C2c2cccc3ccccc23)cc1. The summed E-state index contributed by atoms with van der Waals surface area (Å²) in [5.74, 6) is -0.161. The predicted molar refractivity (Wildman–Crippen MR) is 148 cm³/mol. The molecule has 0 radical (unpaired) electrons. The van der Waals surface area contributed by atoms with E-state index >= 15 is 0 Å². The van der Waals surface area contributed by atoms with Crippen LogP contribution in [-0.4, -0.2) is 30.5 Å². The number of carbonyl (C=O) groups is 2. The van der Waals surface area contributed by atoms with Crippen molar-refractivity contribution in [3.05, 3.63) is 108 Å². The minimum absolute atomic E-state index is 0.0307. The number of fused-ring (bicyclic) bond motifs is 1. The summed E-state index contributed by atoms with van der Waals surface area (Å²) in [7, 11) is 1.57. The van der Waals surface area contributed by atoms with Gasteiger partial charge in [-0.25, -0.2) is 0 Å². The zero-order valence-electron chi connectivity index (χ0n) is 21.5. The van der Waals surface area contributed by atoms with Gasteiger partial charge in [-0.1, -0.05) is 68.4 Å². The number of ketones is 1. The second-order valence-corrected chi connectivity index (χ2v) is 9.67. The van der Waals surface area contributed by atoms with Crippen molar-refractivity contribution in [2.24, 2.45) is 5.92 Å². The number of aliphatic hydroxyl groups excluding tert-OH is 1. The number of carbonyl (C=O) groups excluding carboxylic acids is 2. The van der Waals surface area contributed by atoms with Crippen LogP contribution in [0.3, 0.4) is 0 Å². The van der Waals surface area contributed by atoms with Crippen molar-refractivity contribution in [3.8, 4) is 11.5 Å². The van der Waals surface area contributed by atoms with Gasteiger partial charge < -0.3 is 14.6 Å². The van der Waals surface area contributed by atoms with E-state index in [-0.39, 0.29) is 11.3 Å². The fourth-order valence-corrected chi connectivity index (χ4v) is 4.78. The fourth-order valence-electron chi connectivity index (χ4n) is 4.78. The van der Waals surface area contributed by atoms with Gasteiger partial charge in [-0.3, -0.25) is 14.5 Å². The molecular weight excluding hydrogens is 478 g/mol. The van der Waals surface area contributed by atoms with E-state index in [1.807, 2.05) is 42.5 Å². The standard InChI is InChI=1S/C32H29NO5/c1-20(2)19-38-25-11-6-10-22(18-25)30(34)28-29(27-13-7-9-21-8-4-5-12-26(21)27)33(32(36)31(28)35)23-14-16-24(37-3)17-15-23/h4-18,20,29,34H,19H2,1-3H3/b30-28-. The molecule has 0 spiro atoms. The lowest BCUT2D eigenvalue weighted by Gasteiger charge is -2.26. The van der Waals surface area contributed by atoms with Gasteiger partial charge in [-0.15, -0.1) is 0 Å². The zero-order valence-corrected chi connectivity index (χ0v) is 21.5. The highest BCUT2D eigenvalue weighted by Crippen LogP contribution is 2.44. The minimum Gasteiger partial charge on any atom is -0.507 e. The van der Waals surface area contributed by atoms with Crippen molar-refractivity contribution in [2.45, 2.75) is 19.9 Å². The number of amides is 1. The number of nitrogens with zero attached hydrogens (tertiary/aromatic N) is 1. The van der Waals surface area contributed by atoms with Crippen LogP contribution in [0.1, 0.15) is 31.0 Å². The Bertz CT molecular complexity index is 1530. The first-order chi connectivity index (χ1) is 18.4. The van der Waals surface area contributed by atoms with Gasteiger partial charge in [-0.05, 0) is 58.7 Å². The Kier molecular flexibility index (Phi) is 6.88. The number of anilines is 1. The molecule has 0 bridgehead atoms. The van der Waals surface area contributed by atoms with E-state index < -0.39 is 17.7 Å². The second kappa shape index (κ2) is 10.4. The highest BCUT2D eigenvalue weighted by Gasteiger charge is 2.47. The highest BCUT2D eigenvalue weighted by atomic mass is 16.5. The van der Waals surface area contributed by atoms with Crippen molar-refractivity contribution in [3.63, 3.8) is 0 Å². The summed E-state index contributed by atoms with van der Waals surface area (Å²) in [5, 5.41) is 13.4. The largest absolute Gasteiger partial charge is 0.507 e. The van der Waals surface area contributed by atoms with Crippen molar-refractivity contribution in [1.29, 1.82) is 0 Å². The van der Waals surface area contributed by atoms with Gasteiger partial charge in [0, 0.05) is 11.3 Å². The third-order valence-corrected chi connectivity index (χ3v) is 6.60. The van der Waals surface area contributed by atoms with Crippen LogP contribution in [0, 0.1) is 5.92 Å². The monoisotopic (exact) mass is 507 g/mol. The van der Waals surface area contributed by atoms with E-state index in [0.29, 0.717) is 35.3 Å². The van der Waals surface area contributed by atoms with Crippen LogP contribution in [-0.2, 0) is 9.59 Å². The molecular formula is C32H29NO5. The van der Waals surface area contributed by atoms with Gasteiger partial charge in [0.05, 0.1) is 25.3 Å². The molecule has 1 aliphatic rings. The highest BCUT2D eigenvalue weighted by molar-refractivity contribution is 6.51. The average Bonchev–Trinajstić information content (AvgIpc) is 3.21. The molecule has 1 N–H and O–H groups in total. The van der Waals surface area contributed by atoms with E-state index in [4.69, 9.17) is 9.47 Å². The normalized spacial score (nSPS) is 16.8. The first kappa shape index (κ1) is 25.1. The molecule has 1 fully saturated rings. The lowest BCUT2D eigenvalue weighted by Crippen LogP contribution is -2.29. The van der Waals surface area contributed by atoms with Crippen molar-refractivity contribution >= 4 is 33.9 Å². The molecule has 6 heteroatoms. The molecule has 1 aliphatic heterocycles. The lowest BCUT2D eigenvalue weighted by molar-refractivity contribution is -0.132. The number of ether oxygens (including phenoxy) is 2. The smallest absolute Gasteiger partial charge is 0.300 e. The van der Waals surface area contributed by atoms with Gasteiger partial charge in [0.15, 0.2) is 0 Å². The molecule has 6 nitrogen and oxygen atoms in total. The summed E-state index contributed by atoms with van der Waals surface area (Å²) in [5.41, 5.74) is 1.71. The minimum atomic E-state index is -0.838. The molecule has 4 aromatic carbocycles. The van der Waals surface area contributed by atoms with E-state index in [0.717, 1.165) is 16.3 Å². The Morgan fingerprint density at radius 1 is 0.895 bits per heavy atom. The molecule has 0 aliphatic carbocycles. The Morgan fingerprint density at radius 3 is 2.34 bits per heavy atom. The number of methoxy groups -OCH3 is 1. The number of rotatable bonds is 7. The molecule has 38 heavy (non-hydrogen) atoms. The van der Waals surface area contributed by atoms with Gasteiger partial charge >= 0.3 is 0 Å². The Hall–Kier alpha value is -4.58. The third-order valence-electron chi connectivity index (χ3n) is 6.60. The van der Waals surface area contributed by atoms with Gasteiger partial charge in [0.2, 0.25) is 0 Å². The molecule has 5 rings (SSSR count). The summed E-state index contributed by atoms with van der Waals surface area (Å²) in [6.45, 7) is 4.62. The van der Waals surface area contributed by atoms with Crippen LogP contribution in [0.5, 0.6) is 11.5 Å². The summed E-state index contributed by atoms with van der Waals surface area (Å²) >= 11 is 0. The maximum absolute atomic E-state index is 13.6. The summed E-state index contributed by atoms with van der Waals surface area (Å²) in [6.07, 6.45) is 0. The van der Waals surface area contributed by atoms with E-state index in [9.17, 15) is 14.7 Å². The Labute approximate surface area is 221 Å². The third kappa shape index (κ3) is 4.61. The molecule has 1 heterocycles.